The van der Waals surface area contributed by atoms with Crippen molar-refractivity contribution >= 4 is 12.6 Å². The zero-order chi connectivity index (χ0) is 10.7. The number of hydrogen-bond acceptors (Lipinski definition) is 4. The van der Waals surface area contributed by atoms with Crippen LogP contribution in [0.1, 0.15) is 5.56 Å². The summed E-state index contributed by atoms with van der Waals surface area (Å²) in [4.78, 5) is 0. The molecule has 0 heterocycles. The first kappa shape index (κ1) is 10.9. The molecular formula is C9H13BO4. The monoisotopic (exact) mass is 196 g/mol. The SMILES string of the molecule is COc1ccc(B(O)O)c(C)c1OC. The van der Waals surface area contributed by atoms with Crippen LogP contribution in [-0.4, -0.2) is 31.4 Å². The molecule has 1 aromatic carbocycles. The number of benzene rings is 1. The highest BCUT2D eigenvalue weighted by molar-refractivity contribution is 6.59. The Morgan fingerprint density at radius 1 is 1.14 bits per heavy atom. The van der Waals surface area contributed by atoms with E-state index in [-0.39, 0.29) is 0 Å². The van der Waals surface area contributed by atoms with E-state index in [4.69, 9.17) is 19.5 Å². The predicted octanol–water partition coefficient (Wildman–Crippen LogP) is -0.308. The van der Waals surface area contributed by atoms with Gasteiger partial charge < -0.3 is 19.5 Å². The maximum atomic E-state index is 9.05. The van der Waals surface area contributed by atoms with E-state index in [0.717, 1.165) is 0 Å². The Morgan fingerprint density at radius 3 is 2.21 bits per heavy atom. The van der Waals surface area contributed by atoms with E-state index in [1.165, 1.54) is 14.2 Å². The molecule has 0 radical (unpaired) electrons. The van der Waals surface area contributed by atoms with Crippen molar-refractivity contribution < 1.29 is 19.5 Å². The highest BCUT2D eigenvalue weighted by Crippen LogP contribution is 2.28. The van der Waals surface area contributed by atoms with Crippen LogP contribution in [0.4, 0.5) is 0 Å². The van der Waals surface area contributed by atoms with E-state index >= 15 is 0 Å². The Bertz CT molecular complexity index is 325. The zero-order valence-corrected chi connectivity index (χ0v) is 8.44. The lowest BCUT2D eigenvalue weighted by molar-refractivity contribution is 0.353. The van der Waals surface area contributed by atoms with Gasteiger partial charge in [0.25, 0.3) is 0 Å². The number of rotatable bonds is 3. The van der Waals surface area contributed by atoms with Gasteiger partial charge in [-0.15, -0.1) is 0 Å². The van der Waals surface area contributed by atoms with Crippen LogP contribution >= 0.6 is 0 Å². The van der Waals surface area contributed by atoms with Crippen molar-refractivity contribution in [3.05, 3.63) is 17.7 Å². The van der Waals surface area contributed by atoms with Crippen LogP contribution in [-0.2, 0) is 0 Å². The molecule has 0 aliphatic heterocycles. The lowest BCUT2D eigenvalue weighted by Crippen LogP contribution is -2.32. The summed E-state index contributed by atoms with van der Waals surface area (Å²) in [6.07, 6.45) is 0. The first-order valence-electron chi connectivity index (χ1n) is 4.19. The second-order valence-corrected chi connectivity index (χ2v) is 2.89. The summed E-state index contributed by atoms with van der Waals surface area (Å²) in [5.41, 5.74) is 1.09. The van der Waals surface area contributed by atoms with Gasteiger partial charge in [0.1, 0.15) is 0 Å². The molecule has 0 aliphatic rings. The average molecular weight is 196 g/mol. The van der Waals surface area contributed by atoms with E-state index < -0.39 is 7.12 Å². The van der Waals surface area contributed by atoms with E-state index in [9.17, 15) is 0 Å². The molecule has 14 heavy (non-hydrogen) atoms. The van der Waals surface area contributed by atoms with Crippen LogP contribution in [0.25, 0.3) is 0 Å². The number of methoxy groups -OCH3 is 2. The van der Waals surface area contributed by atoms with Crippen LogP contribution in [0.2, 0.25) is 0 Å². The van der Waals surface area contributed by atoms with Crippen LogP contribution in [0.5, 0.6) is 11.5 Å². The highest BCUT2D eigenvalue weighted by atomic mass is 16.5. The van der Waals surface area contributed by atoms with Crippen molar-refractivity contribution in [3.63, 3.8) is 0 Å². The summed E-state index contributed by atoms with van der Waals surface area (Å²) in [5, 5.41) is 18.1. The summed E-state index contributed by atoms with van der Waals surface area (Å²) >= 11 is 0. The molecule has 76 valence electrons. The first-order valence-corrected chi connectivity index (χ1v) is 4.19. The molecule has 4 nitrogen and oxygen atoms in total. The van der Waals surface area contributed by atoms with Crippen molar-refractivity contribution in [2.45, 2.75) is 6.92 Å². The standard InChI is InChI=1S/C9H13BO4/c1-6-7(10(11)12)4-5-8(13-2)9(6)14-3/h4-5,11-12H,1-3H3. The molecular weight excluding hydrogens is 183 g/mol. The lowest BCUT2D eigenvalue weighted by Gasteiger charge is -2.13. The molecule has 1 rings (SSSR count). The first-order chi connectivity index (χ1) is 6.61. The molecule has 0 bridgehead atoms. The van der Waals surface area contributed by atoms with Crippen molar-refractivity contribution in [2.75, 3.05) is 14.2 Å². The van der Waals surface area contributed by atoms with E-state index in [1.54, 1.807) is 19.1 Å². The Hall–Kier alpha value is -1.20. The van der Waals surface area contributed by atoms with Crippen LogP contribution in [0.15, 0.2) is 12.1 Å². The zero-order valence-electron chi connectivity index (χ0n) is 8.44. The molecule has 2 N–H and O–H groups in total. The largest absolute Gasteiger partial charge is 0.493 e. The summed E-state index contributed by atoms with van der Waals surface area (Å²) in [7, 11) is 1.56. The minimum absolute atomic E-state index is 0.419. The molecule has 0 atom stereocenters. The maximum Gasteiger partial charge on any atom is 0.488 e. The van der Waals surface area contributed by atoms with Gasteiger partial charge in [0.15, 0.2) is 11.5 Å². The van der Waals surface area contributed by atoms with Crippen LogP contribution < -0.4 is 14.9 Å². The molecule has 0 saturated carbocycles. The van der Waals surface area contributed by atoms with Gasteiger partial charge >= 0.3 is 7.12 Å². The average Bonchev–Trinajstić information content (AvgIpc) is 2.16. The van der Waals surface area contributed by atoms with Crippen LogP contribution in [0.3, 0.4) is 0 Å². The summed E-state index contributed by atoms with van der Waals surface area (Å²) in [5.74, 6) is 1.10. The normalized spacial score (nSPS) is 9.79. The molecule has 0 spiro atoms. The number of hydrogen-bond donors (Lipinski definition) is 2. The Balaban J connectivity index is 3.27. The van der Waals surface area contributed by atoms with E-state index in [0.29, 0.717) is 22.5 Å². The second kappa shape index (κ2) is 4.35. The van der Waals surface area contributed by atoms with Crippen LogP contribution in [0, 0.1) is 6.92 Å². The predicted molar refractivity (Wildman–Crippen MR) is 54.1 cm³/mol. The Labute approximate surface area is 83.2 Å². The third-order valence-corrected chi connectivity index (χ3v) is 2.11. The second-order valence-electron chi connectivity index (χ2n) is 2.89. The third-order valence-electron chi connectivity index (χ3n) is 2.11. The quantitative estimate of drug-likeness (QED) is 0.651. The number of ether oxygens (including phenoxy) is 2. The summed E-state index contributed by atoms with van der Waals surface area (Å²) < 4.78 is 10.2. The van der Waals surface area contributed by atoms with Gasteiger partial charge in [-0.3, -0.25) is 0 Å². The summed E-state index contributed by atoms with van der Waals surface area (Å²) in [6.45, 7) is 1.75. The maximum absolute atomic E-state index is 9.05. The van der Waals surface area contributed by atoms with Gasteiger partial charge in [-0.1, -0.05) is 6.07 Å². The van der Waals surface area contributed by atoms with Crippen molar-refractivity contribution in [2.24, 2.45) is 0 Å². The van der Waals surface area contributed by atoms with Crippen molar-refractivity contribution in [1.82, 2.24) is 0 Å². The van der Waals surface area contributed by atoms with Gasteiger partial charge in [-0.25, -0.2) is 0 Å². The minimum Gasteiger partial charge on any atom is -0.493 e. The Morgan fingerprint density at radius 2 is 1.79 bits per heavy atom. The van der Waals surface area contributed by atoms with Crippen molar-refractivity contribution in [1.29, 1.82) is 0 Å². The molecule has 0 unspecified atom stereocenters. The summed E-state index contributed by atoms with van der Waals surface area (Å²) in [6, 6.07) is 3.24. The fourth-order valence-corrected chi connectivity index (χ4v) is 1.38. The molecule has 0 amide bonds. The van der Waals surface area contributed by atoms with Crippen molar-refractivity contribution in [3.8, 4) is 11.5 Å². The smallest absolute Gasteiger partial charge is 0.488 e. The van der Waals surface area contributed by atoms with E-state index in [2.05, 4.69) is 0 Å². The van der Waals surface area contributed by atoms with Gasteiger partial charge in [0.05, 0.1) is 14.2 Å². The fourth-order valence-electron chi connectivity index (χ4n) is 1.38. The van der Waals surface area contributed by atoms with Gasteiger partial charge in [-0.05, 0) is 24.0 Å². The highest BCUT2D eigenvalue weighted by Gasteiger charge is 2.18. The third kappa shape index (κ3) is 1.83. The molecule has 0 fully saturated rings. The van der Waals surface area contributed by atoms with Gasteiger partial charge in [0.2, 0.25) is 0 Å². The van der Waals surface area contributed by atoms with Gasteiger partial charge in [-0.2, -0.15) is 0 Å². The fraction of sp³-hybridized carbons (Fsp3) is 0.333. The molecule has 1 aromatic rings. The molecule has 0 saturated heterocycles. The molecule has 0 aromatic heterocycles. The topological polar surface area (TPSA) is 58.9 Å². The lowest BCUT2D eigenvalue weighted by atomic mass is 9.77. The molecule has 0 aliphatic carbocycles. The van der Waals surface area contributed by atoms with E-state index in [1.807, 2.05) is 0 Å². The van der Waals surface area contributed by atoms with Gasteiger partial charge in [0, 0.05) is 0 Å². The Kier molecular flexibility index (Phi) is 3.38. The molecule has 5 heteroatoms. The minimum atomic E-state index is -1.49.